The molecule has 0 radical (unpaired) electrons. The zero-order chi connectivity index (χ0) is 14.2. The molecular formula is C13H16BrN3O2. The summed E-state index contributed by atoms with van der Waals surface area (Å²) in [7, 11) is 0. The Hall–Kier alpha value is -1.56. The van der Waals surface area contributed by atoms with Crippen molar-refractivity contribution in [3.63, 3.8) is 0 Å². The quantitative estimate of drug-likeness (QED) is 0.940. The molecule has 1 N–H and O–H groups in total. The second-order valence-corrected chi connectivity index (χ2v) is 5.24. The fourth-order valence-corrected chi connectivity index (χ4v) is 2.60. The van der Waals surface area contributed by atoms with Crippen LogP contribution in [0.3, 0.4) is 0 Å². The predicted molar refractivity (Wildman–Crippen MR) is 75.6 cm³/mol. The normalized spacial score (nSPS) is 10.9. The summed E-state index contributed by atoms with van der Waals surface area (Å²) in [5.41, 5.74) is 2.99. The van der Waals surface area contributed by atoms with E-state index in [-0.39, 0.29) is 0 Å². The first-order valence-electron chi connectivity index (χ1n) is 6.06. The van der Waals surface area contributed by atoms with Gasteiger partial charge in [-0.25, -0.2) is 4.79 Å². The lowest BCUT2D eigenvalue weighted by Gasteiger charge is -2.09. The molecule has 2 rings (SSSR count). The fraction of sp³-hybridized carbons (Fsp3) is 0.385. The van der Waals surface area contributed by atoms with Crippen LogP contribution in [0.2, 0.25) is 0 Å². The van der Waals surface area contributed by atoms with E-state index in [1.165, 1.54) is 0 Å². The van der Waals surface area contributed by atoms with Crippen LogP contribution < -0.4 is 0 Å². The number of hydrogen-bond acceptors (Lipinski definition) is 2. The first-order chi connectivity index (χ1) is 8.95. The standard InChI is InChI=1S/C13H16BrN3O2/c1-4-17-10(11(14)9(3)15-17)7-16-6-5-8(2)12(16)13(18)19/h5-6H,4,7H2,1-3H3,(H,18,19). The lowest BCUT2D eigenvalue weighted by atomic mass is 10.2. The molecule has 0 aliphatic rings. The molecule has 5 nitrogen and oxygen atoms in total. The van der Waals surface area contributed by atoms with Gasteiger partial charge in [0.2, 0.25) is 0 Å². The summed E-state index contributed by atoms with van der Waals surface area (Å²) in [6.45, 7) is 6.99. The maximum Gasteiger partial charge on any atom is 0.352 e. The number of aromatic nitrogens is 3. The van der Waals surface area contributed by atoms with Crippen molar-refractivity contribution >= 4 is 21.9 Å². The van der Waals surface area contributed by atoms with Crippen molar-refractivity contribution in [2.24, 2.45) is 0 Å². The van der Waals surface area contributed by atoms with E-state index in [4.69, 9.17) is 0 Å². The van der Waals surface area contributed by atoms with Crippen molar-refractivity contribution in [3.05, 3.63) is 39.4 Å². The molecular weight excluding hydrogens is 310 g/mol. The van der Waals surface area contributed by atoms with E-state index in [2.05, 4.69) is 21.0 Å². The molecule has 0 unspecified atom stereocenters. The van der Waals surface area contributed by atoms with Crippen LogP contribution in [-0.2, 0) is 13.1 Å². The average molecular weight is 326 g/mol. The van der Waals surface area contributed by atoms with Crippen LogP contribution >= 0.6 is 15.9 Å². The molecule has 2 heterocycles. The predicted octanol–water partition coefficient (Wildman–Crippen LogP) is 2.83. The van der Waals surface area contributed by atoms with Crippen molar-refractivity contribution in [1.82, 2.24) is 14.3 Å². The molecule has 0 spiro atoms. The Balaban J connectivity index is 2.45. The van der Waals surface area contributed by atoms with E-state index >= 15 is 0 Å². The van der Waals surface area contributed by atoms with Crippen LogP contribution in [-0.4, -0.2) is 25.4 Å². The Kier molecular flexibility index (Phi) is 3.80. The van der Waals surface area contributed by atoms with Gasteiger partial charge in [-0.15, -0.1) is 0 Å². The van der Waals surface area contributed by atoms with Gasteiger partial charge < -0.3 is 9.67 Å². The highest BCUT2D eigenvalue weighted by Gasteiger charge is 2.17. The number of aromatic carboxylic acids is 1. The van der Waals surface area contributed by atoms with E-state index in [1.807, 2.05) is 24.6 Å². The molecule has 6 heteroatoms. The van der Waals surface area contributed by atoms with Gasteiger partial charge in [0.1, 0.15) is 5.69 Å². The van der Waals surface area contributed by atoms with Crippen molar-refractivity contribution < 1.29 is 9.90 Å². The van der Waals surface area contributed by atoms with Crippen LogP contribution in [0.5, 0.6) is 0 Å². The minimum atomic E-state index is -0.905. The zero-order valence-corrected chi connectivity index (χ0v) is 12.7. The van der Waals surface area contributed by atoms with Crippen LogP contribution in [0.1, 0.15) is 34.4 Å². The topological polar surface area (TPSA) is 60.0 Å². The molecule has 2 aromatic heterocycles. The Morgan fingerprint density at radius 2 is 2.16 bits per heavy atom. The zero-order valence-electron chi connectivity index (χ0n) is 11.1. The highest BCUT2D eigenvalue weighted by atomic mass is 79.9. The summed E-state index contributed by atoms with van der Waals surface area (Å²) in [4.78, 5) is 11.3. The highest BCUT2D eigenvalue weighted by Crippen LogP contribution is 2.23. The Labute approximate surface area is 120 Å². The average Bonchev–Trinajstić information content (AvgIpc) is 2.84. The molecule has 102 valence electrons. The second-order valence-electron chi connectivity index (χ2n) is 4.44. The maximum atomic E-state index is 11.3. The molecule has 0 fully saturated rings. The number of carbonyl (C=O) groups is 1. The Bertz CT molecular complexity index is 628. The molecule has 0 atom stereocenters. The number of rotatable bonds is 4. The van der Waals surface area contributed by atoms with Gasteiger partial charge in [-0.2, -0.15) is 5.10 Å². The number of halogens is 1. The maximum absolute atomic E-state index is 11.3. The highest BCUT2D eigenvalue weighted by molar-refractivity contribution is 9.10. The summed E-state index contributed by atoms with van der Waals surface area (Å²) in [5, 5.41) is 13.7. The van der Waals surface area contributed by atoms with E-state index < -0.39 is 5.97 Å². The minimum Gasteiger partial charge on any atom is -0.477 e. The number of aryl methyl sites for hydroxylation is 3. The van der Waals surface area contributed by atoms with Crippen LogP contribution in [0, 0.1) is 13.8 Å². The summed E-state index contributed by atoms with van der Waals surface area (Å²) >= 11 is 3.52. The van der Waals surface area contributed by atoms with E-state index in [1.54, 1.807) is 17.7 Å². The van der Waals surface area contributed by atoms with Crippen molar-refractivity contribution in [2.45, 2.75) is 33.9 Å². The third-order valence-corrected chi connectivity index (χ3v) is 4.17. The molecule has 0 aliphatic carbocycles. The van der Waals surface area contributed by atoms with Gasteiger partial charge >= 0.3 is 5.97 Å². The van der Waals surface area contributed by atoms with Gasteiger partial charge in [-0.1, -0.05) is 0 Å². The van der Waals surface area contributed by atoms with Crippen LogP contribution in [0.15, 0.2) is 16.7 Å². The Morgan fingerprint density at radius 3 is 2.74 bits per heavy atom. The van der Waals surface area contributed by atoms with Crippen molar-refractivity contribution in [2.75, 3.05) is 0 Å². The van der Waals surface area contributed by atoms with Crippen LogP contribution in [0.25, 0.3) is 0 Å². The van der Waals surface area contributed by atoms with Crippen molar-refractivity contribution in [1.29, 1.82) is 0 Å². The molecule has 19 heavy (non-hydrogen) atoms. The van der Waals surface area contributed by atoms with Gasteiger partial charge in [0, 0.05) is 12.7 Å². The van der Waals surface area contributed by atoms with E-state index in [0.717, 1.165) is 28.0 Å². The molecule has 0 aliphatic heterocycles. The molecule has 0 bridgehead atoms. The molecule has 0 saturated carbocycles. The smallest absolute Gasteiger partial charge is 0.352 e. The SMILES string of the molecule is CCn1nc(C)c(Br)c1Cn1ccc(C)c1C(=O)O. The molecule has 0 aromatic carbocycles. The molecule has 2 aromatic rings. The molecule has 0 saturated heterocycles. The first-order valence-corrected chi connectivity index (χ1v) is 6.85. The summed E-state index contributed by atoms with van der Waals surface area (Å²) in [5.74, 6) is -0.905. The molecule has 0 amide bonds. The number of carboxylic acid groups (broad SMARTS) is 1. The summed E-state index contributed by atoms with van der Waals surface area (Å²) in [6, 6.07) is 1.82. The first kappa shape index (κ1) is 13.9. The van der Waals surface area contributed by atoms with Gasteiger partial charge in [0.15, 0.2) is 0 Å². The van der Waals surface area contributed by atoms with Gasteiger partial charge in [0.05, 0.1) is 22.4 Å². The van der Waals surface area contributed by atoms with E-state index in [9.17, 15) is 9.90 Å². The third-order valence-electron chi connectivity index (χ3n) is 3.14. The lowest BCUT2D eigenvalue weighted by molar-refractivity contribution is 0.0684. The summed E-state index contributed by atoms with van der Waals surface area (Å²) in [6.07, 6.45) is 1.80. The number of nitrogens with zero attached hydrogens (tertiary/aromatic N) is 3. The largest absolute Gasteiger partial charge is 0.477 e. The second kappa shape index (κ2) is 5.21. The van der Waals surface area contributed by atoms with E-state index in [0.29, 0.717) is 12.2 Å². The minimum absolute atomic E-state index is 0.327. The third kappa shape index (κ3) is 2.45. The summed E-state index contributed by atoms with van der Waals surface area (Å²) < 4.78 is 4.57. The number of carboxylic acids is 1. The fourth-order valence-electron chi connectivity index (χ4n) is 2.19. The Morgan fingerprint density at radius 1 is 1.47 bits per heavy atom. The lowest BCUT2D eigenvalue weighted by Crippen LogP contribution is -2.13. The van der Waals surface area contributed by atoms with Crippen LogP contribution in [0.4, 0.5) is 0 Å². The monoisotopic (exact) mass is 325 g/mol. The number of hydrogen-bond donors (Lipinski definition) is 1. The van der Waals surface area contributed by atoms with Gasteiger partial charge in [-0.05, 0) is 48.3 Å². The van der Waals surface area contributed by atoms with Gasteiger partial charge in [0.25, 0.3) is 0 Å². The van der Waals surface area contributed by atoms with Crippen molar-refractivity contribution in [3.8, 4) is 0 Å². The van der Waals surface area contributed by atoms with Gasteiger partial charge in [-0.3, -0.25) is 4.68 Å².